The van der Waals surface area contributed by atoms with Crippen molar-refractivity contribution < 1.29 is 22.7 Å². The van der Waals surface area contributed by atoms with Crippen LogP contribution in [-0.4, -0.2) is 32.1 Å². The summed E-state index contributed by atoms with van der Waals surface area (Å²) in [5.74, 6) is 3.67. The normalized spacial score (nSPS) is 13.1. The van der Waals surface area contributed by atoms with Crippen LogP contribution in [0.3, 0.4) is 0 Å². The molecular formula is C23H16F3N5O2S. The molecule has 0 unspecified atom stereocenters. The van der Waals surface area contributed by atoms with E-state index in [0.29, 0.717) is 27.9 Å². The van der Waals surface area contributed by atoms with Gasteiger partial charge in [-0.3, -0.25) is 4.98 Å². The van der Waals surface area contributed by atoms with Crippen LogP contribution in [0.15, 0.2) is 48.1 Å². The Morgan fingerprint density at radius 1 is 1.18 bits per heavy atom. The van der Waals surface area contributed by atoms with Gasteiger partial charge < -0.3 is 10.5 Å². The number of fused-ring (bicyclic) bond motifs is 1. The number of nitrogen functional groups attached to an aromatic ring is 1. The number of nitrogens with zero attached hydrogens (tertiary/aromatic N) is 4. The van der Waals surface area contributed by atoms with E-state index in [4.69, 9.17) is 10.5 Å². The summed E-state index contributed by atoms with van der Waals surface area (Å²) in [6, 6.07) is 8.54. The first-order valence-electron chi connectivity index (χ1n) is 9.79. The molecule has 7 nitrogen and oxygen atoms in total. The highest BCUT2D eigenvalue weighted by atomic mass is 32.1. The van der Waals surface area contributed by atoms with Gasteiger partial charge in [0.2, 0.25) is 5.60 Å². The number of hydrogen-bond donors (Lipinski definition) is 1. The van der Waals surface area contributed by atoms with E-state index in [-0.39, 0.29) is 10.8 Å². The number of pyridine rings is 1. The number of aromatic nitrogens is 4. The van der Waals surface area contributed by atoms with Gasteiger partial charge in [0.1, 0.15) is 10.8 Å². The maximum Gasteiger partial charge on any atom is 0.490 e. The van der Waals surface area contributed by atoms with E-state index >= 15 is 0 Å². The lowest BCUT2D eigenvalue weighted by Crippen LogP contribution is -2.35. The van der Waals surface area contributed by atoms with Crippen LogP contribution in [0, 0.1) is 18.8 Å². The minimum atomic E-state index is -5.17. The summed E-state index contributed by atoms with van der Waals surface area (Å²) in [5, 5.41) is 2.34. The number of carbonyl (C=O) groups excluding carboxylic acids is 1. The number of esters is 1. The average molecular weight is 483 g/mol. The summed E-state index contributed by atoms with van der Waals surface area (Å²) in [5.41, 5.74) is 6.58. The minimum Gasteiger partial charge on any atom is -0.432 e. The molecule has 3 aromatic heterocycles. The van der Waals surface area contributed by atoms with Crippen LogP contribution in [-0.2, 0) is 15.1 Å². The number of thiazole rings is 1. The second kappa shape index (κ2) is 8.72. The number of hydrogen-bond acceptors (Lipinski definition) is 8. The van der Waals surface area contributed by atoms with E-state index < -0.39 is 17.7 Å². The molecule has 0 bridgehead atoms. The largest absolute Gasteiger partial charge is 0.490 e. The first kappa shape index (κ1) is 23.1. The maximum absolute atomic E-state index is 12.8. The number of alkyl halides is 3. The molecule has 1 atom stereocenters. The summed E-state index contributed by atoms with van der Waals surface area (Å²) < 4.78 is 43.2. The van der Waals surface area contributed by atoms with Crippen LogP contribution in [0.4, 0.5) is 19.0 Å². The summed E-state index contributed by atoms with van der Waals surface area (Å²) >= 11 is 1.02. The van der Waals surface area contributed by atoms with Gasteiger partial charge in [0.15, 0.2) is 5.82 Å². The van der Waals surface area contributed by atoms with E-state index in [1.807, 2.05) is 6.92 Å². The van der Waals surface area contributed by atoms with Gasteiger partial charge in [0.25, 0.3) is 0 Å². The maximum atomic E-state index is 12.8. The van der Waals surface area contributed by atoms with E-state index in [1.54, 1.807) is 41.9 Å². The number of halogens is 3. The Morgan fingerprint density at radius 2 is 1.97 bits per heavy atom. The Bertz CT molecular complexity index is 1440. The third-order valence-electron chi connectivity index (χ3n) is 4.68. The Labute approximate surface area is 195 Å². The molecular weight excluding hydrogens is 467 g/mol. The van der Waals surface area contributed by atoms with Crippen LogP contribution >= 0.6 is 11.3 Å². The topological polar surface area (TPSA) is 104 Å². The molecule has 0 saturated carbocycles. The highest BCUT2D eigenvalue weighted by molar-refractivity contribution is 7.09. The van der Waals surface area contributed by atoms with Crippen LogP contribution in [0.2, 0.25) is 0 Å². The van der Waals surface area contributed by atoms with Crippen molar-refractivity contribution in [1.29, 1.82) is 0 Å². The van der Waals surface area contributed by atoms with Crippen molar-refractivity contribution in [2.75, 3.05) is 5.73 Å². The Hall–Kier alpha value is -4.04. The van der Waals surface area contributed by atoms with E-state index in [9.17, 15) is 18.0 Å². The molecule has 0 amide bonds. The second-order valence-corrected chi connectivity index (χ2v) is 8.26. The molecule has 172 valence electrons. The second-order valence-electron chi connectivity index (χ2n) is 7.36. The van der Waals surface area contributed by atoms with Gasteiger partial charge in [0, 0.05) is 33.8 Å². The molecule has 2 N–H and O–H groups in total. The lowest BCUT2D eigenvalue weighted by molar-refractivity contribution is -0.209. The number of rotatable bonds is 3. The zero-order valence-electron chi connectivity index (χ0n) is 17.8. The summed E-state index contributed by atoms with van der Waals surface area (Å²) in [4.78, 5) is 28.6. The van der Waals surface area contributed by atoms with Gasteiger partial charge >= 0.3 is 12.1 Å². The summed E-state index contributed by atoms with van der Waals surface area (Å²) in [7, 11) is 0. The number of carbonyl (C=O) groups is 1. The van der Waals surface area contributed by atoms with Gasteiger partial charge in [0.05, 0.1) is 11.7 Å². The highest BCUT2D eigenvalue weighted by Gasteiger charge is 2.46. The number of ether oxygens (including phenoxy) is 1. The molecule has 0 aliphatic carbocycles. The molecule has 0 saturated heterocycles. The monoisotopic (exact) mass is 483 g/mol. The molecule has 4 aromatic rings. The zero-order chi connectivity index (χ0) is 24.5. The van der Waals surface area contributed by atoms with Gasteiger partial charge in [-0.2, -0.15) is 13.2 Å². The van der Waals surface area contributed by atoms with E-state index in [1.165, 1.54) is 13.1 Å². The predicted molar refractivity (Wildman–Crippen MR) is 120 cm³/mol. The molecule has 34 heavy (non-hydrogen) atoms. The Balaban J connectivity index is 1.71. The molecule has 1 aromatic carbocycles. The number of aryl methyl sites for hydroxylation is 1. The zero-order valence-corrected chi connectivity index (χ0v) is 18.7. The van der Waals surface area contributed by atoms with E-state index in [2.05, 4.69) is 31.8 Å². The molecule has 0 fully saturated rings. The molecule has 3 heterocycles. The highest BCUT2D eigenvalue weighted by Crippen LogP contribution is 2.30. The van der Waals surface area contributed by atoms with Crippen molar-refractivity contribution in [2.45, 2.75) is 25.6 Å². The van der Waals surface area contributed by atoms with Crippen molar-refractivity contribution >= 4 is 34.0 Å². The third kappa shape index (κ3) is 4.82. The van der Waals surface area contributed by atoms with Gasteiger partial charge in [-0.05, 0) is 38.0 Å². The third-order valence-corrected chi connectivity index (χ3v) is 5.66. The molecule has 11 heteroatoms. The van der Waals surface area contributed by atoms with Crippen molar-refractivity contribution in [2.24, 2.45) is 0 Å². The number of nitrogens with two attached hydrogens (primary N) is 1. The molecule has 0 aliphatic rings. The Morgan fingerprint density at radius 3 is 2.68 bits per heavy atom. The molecule has 0 aliphatic heterocycles. The quantitative estimate of drug-likeness (QED) is 0.340. The van der Waals surface area contributed by atoms with E-state index in [0.717, 1.165) is 17.0 Å². The minimum absolute atomic E-state index is 0.113. The van der Waals surface area contributed by atoms with Gasteiger partial charge in [-0.1, -0.05) is 18.1 Å². The van der Waals surface area contributed by atoms with Crippen molar-refractivity contribution in [3.8, 4) is 23.2 Å². The molecule has 4 rings (SSSR count). The van der Waals surface area contributed by atoms with Crippen molar-refractivity contribution in [3.05, 3.63) is 64.4 Å². The first-order valence-corrected chi connectivity index (χ1v) is 10.7. The van der Waals surface area contributed by atoms with Crippen LogP contribution in [0.25, 0.3) is 22.3 Å². The fourth-order valence-electron chi connectivity index (χ4n) is 3.04. The van der Waals surface area contributed by atoms with Crippen LogP contribution in [0.5, 0.6) is 0 Å². The molecule has 0 spiro atoms. The average Bonchev–Trinajstić information content (AvgIpc) is 3.34. The fraction of sp³-hybridized carbons (Fsp3) is 0.174. The predicted octanol–water partition coefficient (Wildman–Crippen LogP) is 4.41. The van der Waals surface area contributed by atoms with Gasteiger partial charge in [-0.25, -0.2) is 19.7 Å². The summed E-state index contributed by atoms with van der Waals surface area (Å²) in [6.07, 6.45) is -2.18. The molecule has 0 radical (unpaired) electrons. The number of anilines is 1. The Kier molecular flexibility index (Phi) is 5.93. The lowest BCUT2D eigenvalue weighted by atomic mass is 10.1. The number of benzene rings is 1. The smallest absolute Gasteiger partial charge is 0.432 e. The lowest BCUT2D eigenvalue weighted by Gasteiger charge is -2.22. The SMILES string of the molecule is Cc1cc2c(N)nc(-c3cccc(C#C[C@@](C)(OC(=O)C(F)(F)F)c4nccs4)c3)nc2cn1. The van der Waals surface area contributed by atoms with Crippen molar-refractivity contribution in [3.63, 3.8) is 0 Å². The van der Waals surface area contributed by atoms with Crippen molar-refractivity contribution in [1.82, 2.24) is 19.9 Å². The van der Waals surface area contributed by atoms with Crippen LogP contribution < -0.4 is 5.73 Å². The van der Waals surface area contributed by atoms with Crippen LogP contribution in [0.1, 0.15) is 23.2 Å². The van der Waals surface area contributed by atoms with Gasteiger partial charge in [-0.15, -0.1) is 11.3 Å². The summed E-state index contributed by atoms with van der Waals surface area (Å²) in [6.45, 7) is 3.09. The fourth-order valence-corrected chi connectivity index (χ4v) is 3.73. The first-order chi connectivity index (χ1) is 16.0. The standard InChI is InChI=1S/C23H16F3N5O2S/c1-13-10-16-17(12-29-13)30-19(31-18(16)27)15-5-3-4-14(11-15)6-7-22(2,20-28-8-9-34-20)33-21(32)23(24,25)26/h3-5,8-12H,1-2H3,(H2,27,30,31)/t22-/m1/s1.